The molecule has 35 nitrogen and oxygen atoms in total. The number of nitrogens with one attached hydrogen (secondary N) is 3. The molecule has 1 unspecified atom stereocenters. The van der Waals surface area contributed by atoms with E-state index in [1.165, 1.54) is 0 Å². The zero-order valence-electron chi connectivity index (χ0n) is 41.1. The Morgan fingerprint density at radius 3 is 1.47 bits per heavy atom. The Morgan fingerprint density at radius 1 is 0.532 bits per heavy atom. The first-order valence-corrected chi connectivity index (χ1v) is 23.9. The monoisotopic (exact) mass is 1130 g/mol. The summed E-state index contributed by atoms with van der Waals surface area (Å²) in [6.45, 7) is -3.06. The lowest BCUT2D eigenvalue weighted by Gasteiger charge is -2.52. The normalized spacial score (nSPS) is 43.2. The van der Waals surface area contributed by atoms with Crippen LogP contribution in [0.5, 0.6) is 0 Å². The average Bonchev–Trinajstić information content (AvgIpc) is 3.39. The Kier molecular flexibility index (Phi) is 22.3. The number of amides is 3. The minimum Gasteiger partial charge on any atom is -0.477 e. The number of hydrogen-bond donors (Lipinski definition) is 21. The fourth-order valence-corrected chi connectivity index (χ4v) is 9.64. The molecule has 27 atom stereocenters. The van der Waals surface area contributed by atoms with Crippen molar-refractivity contribution in [3.63, 3.8) is 0 Å². The molecule has 444 valence electrons. The summed E-state index contributed by atoms with van der Waals surface area (Å²) in [4.78, 5) is 63.6. The lowest BCUT2D eigenvalue weighted by molar-refractivity contribution is -0.387. The van der Waals surface area contributed by atoms with E-state index in [4.69, 9.17) is 42.6 Å². The summed E-state index contributed by atoms with van der Waals surface area (Å²) in [5, 5.41) is 200. The van der Waals surface area contributed by atoms with Gasteiger partial charge in [-0.05, 0) is 0 Å². The Balaban J connectivity index is 1.50. The first-order valence-electron chi connectivity index (χ1n) is 23.9. The van der Waals surface area contributed by atoms with Crippen molar-refractivity contribution in [3.8, 4) is 0 Å². The molecule has 0 aliphatic carbocycles. The molecule has 5 aliphatic rings. The van der Waals surface area contributed by atoms with Gasteiger partial charge in [-0.1, -0.05) is 0 Å². The zero-order chi connectivity index (χ0) is 57.8. The van der Waals surface area contributed by atoms with Gasteiger partial charge >= 0.3 is 11.9 Å². The third kappa shape index (κ3) is 13.9. The molecule has 5 rings (SSSR count). The van der Waals surface area contributed by atoms with E-state index >= 15 is 0 Å². The Hall–Kier alpha value is -3.65. The summed E-state index contributed by atoms with van der Waals surface area (Å²) in [7, 11) is 0. The van der Waals surface area contributed by atoms with Crippen LogP contribution in [0.15, 0.2) is 0 Å². The molecule has 0 aromatic heterocycles. The van der Waals surface area contributed by atoms with Gasteiger partial charge in [-0.3, -0.25) is 14.4 Å². The number of aliphatic carboxylic acids is 2. The van der Waals surface area contributed by atoms with E-state index in [-0.39, 0.29) is 0 Å². The van der Waals surface area contributed by atoms with Crippen molar-refractivity contribution in [1.82, 2.24) is 16.0 Å². The van der Waals surface area contributed by atoms with Gasteiger partial charge in [0.1, 0.15) is 110 Å². The minimum atomic E-state index is -3.44. The largest absolute Gasteiger partial charge is 0.477 e. The van der Waals surface area contributed by atoms with E-state index in [1.54, 1.807) is 0 Å². The number of ether oxygens (including phenoxy) is 9. The number of carboxylic acids is 2. The van der Waals surface area contributed by atoms with Crippen molar-refractivity contribution in [1.29, 1.82) is 0 Å². The molecule has 0 saturated carbocycles. The van der Waals surface area contributed by atoms with Crippen LogP contribution >= 0.6 is 0 Å². The van der Waals surface area contributed by atoms with Crippen LogP contribution in [0.2, 0.25) is 0 Å². The topological polar surface area (TPSA) is 569 Å². The molecule has 0 spiro atoms. The Labute approximate surface area is 434 Å². The molecule has 0 bridgehead atoms. The molecule has 5 saturated heterocycles. The molecule has 21 N–H and O–H groups in total. The van der Waals surface area contributed by atoms with Gasteiger partial charge in [-0.25, -0.2) is 9.59 Å². The van der Waals surface area contributed by atoms with Crippen molar-refractivity contribution in [3.05, 3.63) is 0 Å². The first-order chi connectivity index (χ1) is 36.0. The summed E-state index contributed by atoms with van der Waals surface area (Å²) in [5.74, 6) is -13.9. The van der Waals surface area contributed by atoms with Crippen LogP contribution in [-0.4, -0.2) is 319 Å². The fraction of sp³-hybridized carbons (Fsp3) is 0.881. The maximum absolute atomic E-state index is 13.4. The van der Waals surface area contributed by atoms with Crippen LogP contribution in [0, 0.1) is 0 Å². The van der Waals surface area contributed by atoms with Gasteiger partial charge in [0.15, 0.2) is 18.9 Å². The third-order valence-electron chi connectivity index (χ3n) is 13.5. The number of carbonyl (C=O) groups is 5. The lowest BCUT2D eigenvalue weighted by atomic mass is 9.87. The highest BCUT2D eigenvalue weighted by Crippen LogP contribution is 2.41. The molecule has 0 aromatic rings. The average molecular weight is 1130 g/mol. The smallest absolute Gasteiger partial charge is 0.364 e. The highest BCUT2D eigenvalue weighted by molar-refractivity contribution is 5.77. The van der Waals surface area contributed by atoms with Gasteiger partial charge in [0.2, 0.25) is 17.7 Å². The molecular formula is C42H69N3O32. The van der Waals surface area contributed by atoms with Gasteiger partial charge in [0.05, 0.1) is 57.3 Å². The fourth-order valence-electron chi connectivity index (χ4n) is 9.64. The predicted octanol–water partition coefficient (Wildman–Crippen LogP) is -13.1. The summed E-state index contributed by atoms with van der Waals surface area (Å²) in [5.41, 5.74) is 0. The van der Waals surface area contributed by atoms with Gasteiger partial charge in [-0.15, -0.1) is 0 Å². The molecule has 5 fully saturated rings. The standard InChI is InChI=1S/C42H69N3O32/c1-11(51)43-21-14(54)4-41(39(65)66,75-33(21)24(57)16(56)6-46)74-19(9-49)27(60)34-22(44-12(2)52)15(55)5-42(76-34,40(67)68)77-35-26(59)18(8-48)71-38(30(35)63)73-32-23(45-13(3)53)37(70-17(7-47)25(32)58)72-31-20(10-50)69-36(64)29(62)28(31)61/h14-38,46-50,54-64H,4-10H2,1-3H3,(H,43,51)(H,44,52)(H,45,53)(H,65,66)(H,67,68)/t14-,15-,16+,17+,18+,19+,20+,21+,22+,23+,24+,25-,26-,27+,28+,29+,30+,31-,32+,33+,34+,35-,36?,37-,38-,41+,42-/m0/s1. The van der Waals surface area contributed by atoms with Crippen molar-refractivity contribution in [2.75, 3.05) is 33.0 Å². The molecule has 5 heterocycles. The van der Waals surface area contributed by atoms with E-state index in [0.29, 0.717) is 0 Å². The van der Waals surface area contributed by atoms with Crippen LogP contribution in [0.4, 0.5) is 0 Å². The van der Waals surface area contributed by atoms with Gasteiger partial charge in [0.25, 0.3) is 11.6 Å². The quantitative estimate of drug-likeness (QED) is 0.0479. The van der Waals surface area contributed by atoms with Crippen LogP contribution in [0.1, 0.15) is 33.6 Å². The highest BCUT2D eigenvalue weighted by Gasteiger charge is 2.63. The molecule has 35 heteroatoms. The summed E-state index contributed by atoms with van der Waals surface area (Å²) < 4.78 is 50.8. The number of aliphatic hydroxyl groups excluding tert-OH is 16. The second-order valence-electron chi connectivity index (χ2n) is 19.0. The molecule has 3 amide bonds. The van der Waals surface area contributed by atoms with Crippen molar-refractivity contribution in [2.45, 2.75) is 198 Å². The zero-order valence-corrected chi connectivity index (χ0v) is 41.1. The Morgan fingerprint density at radius 2 is 0.987 bits per heavy atom. The number of carboxylic acid groups (broad SMARTS) is 2. The van der Waals surface area contributed by atoms with Gasteiger partial charge < -0.3 is 150 Å². The molecule has 77 heavy (non-hydrogen) atoms. The summed E-state index contributed by atoms with van der Waals surface area (Å²) in [6, 6.07) is -5.50. The van der Waals surface area contributed by atoms with E-state index in [2.05, 4.69) is 16.0 Å². The van der Waals surface area contributed by atoms with Crippen LogP contribution in [0.25, 0.3) is 0 Å². The maximum Gasteiger partial charge on any atom is 0.364 e. The first kappa shape index (κ1) is 64.2. The van der Waals surface area contributed by atoms with E-state index in [0.717, 1.165) is 20.8 Å². The Bertz CT molecular complexity index is 2000. The van der Waals surface area contributed by atoms with Gasteiger partial charge in [-0.2, -0.15) is 0 Å². The van der Waals surface area contributed by atoms with E-state index in [9.17, 15) is 116 Å². The molecule has 0 radical (unpaired) electrons. The predicted molar refractivity (Wildman–Crippen MR) is 236 cm³/mol. The van der Waals surface area contributed by atoms with E-state index < -0.39 is 240 Å². The van der Waals surface area contributed by atoms with Crippen molar-refractivity contribution in [2.24, 2.45) is 0 Å². The van der Waals surface area contributed by atoms with Crippen LogP contribution in [0.3, 0.4) is 0 Å². The molecular weight excluding hydrogens is 1060 g/mol. The van der Waals surface area contributed by atoms with Crippen LogP contribution in [-0.2, 0) is 66.6 Å². The van der Waals surface area contributed by atoms with Gasteiger partial charge in [0, 0.05) is 33.6 Å². The number of rotatable bonds is 22. The van der Waals surface area contributed by atoms with E-state index in [1.807, 2.05) is 0 Å². The number of hydrogen-bond acceptors (Lipinski definition) is 30. The number of carbonyl (C=O) groups excluding carboxylic acids is 3. The number of aliphatic hydroxyl groups is 16. The molecule has 0 aromatic carbocycles. The SMILES string of the molecule is CC(=O)N[C@H]1[C@H](O[C@@H]2[C@H](O)[C@@H](O)C(O)O[C@@H]2CO)O[C@H](CO)[C@H](O)[C@@H]1O[C@@H]1O[C@H](CO)[C@H](O)[C@H](O[C@]2(C(=O)O)C[C@H](O)[C@@H](NC(C)=O)[C@H]([C@H](O)[C@@H](CO)O[C@]3(C(=O)O)C[C@H](O)[C@@H](NC(C)=O)[C@H]([C@H](O)[C@H](O)CO)O3)O2)[C@H]1O. The third-order valence-corrected chi connectivity index (χ3v) is 13.5. The lowest BCUT2D eigenvalue weighted by Crippen LogP contribution is -2.72. The summed E-state index contributed by atoms with van der Waals surface area (Å²) >= 11 is 0. The second kappa shape index (κ2) is 26.7. The van der Waals surface area contributed by atoms with Crippen molar-refractivity contribution < 1.29 is 159 Å². The maximum atomic E-state index is 13.4. The van der Waals surface area contributed by atoms with Crippen molar-refractivity contribution >= 4 is 29.7 Å². The minimum absolute atomic E-state index is 0.862. The highest BCUT2D eigenvalue weighted by atomic mass is 16.8. The molecule has 5 aliphatic heterocycles. The summed E-state index contributed by atoms with van der Waals surface area (Å²) in [6.07, 6.45) is -49.7. The van der Waals surface area contributed by atoms with Crippen LogP contribution < -0.4 is 16.0 Å². The second-order valence-corrected chi connectivity index (χ2v) is 19.0.